The smallest absolute Gasteiger partial charge is 0.251 e. The van der Waals surface area contributed by atoms with Crippen molar-refractivity contribution in [2.75, 3.05) is 10.6 Å². The zero-order chi connectivity index (χ0) is 14.3. The van der Waals surface area contributed by atoms with Crippen molar-refractivity contribution in [2.45, 2.75) is 13.0 Å². The molecule has 2 aromatic rings. The van der Waals surface area contributed by atoms with Gasteiger partial charge in [-0.3, -0.25) is 4.79 Å². The predicted molar refractivity (Wildman–Crippen MR) is 88.0 cm³/mol. The first kappa shape index (κ1) is 13.6. The molecule has 1 atom stereocenters. The van der Waals surface area contributed by atoms with Gasteiger partial charge in [-0.15, -0.1) is 0 Å². The van der Waals surface area contributed by atoms with Crippen LogP contribution in [-0.2, 0) is 4.79 Å². The number of nitrogens with one attached hydrogen (secondary N) is 2. The third-order valence-corrected chi connectivity index (χ3v) is 4.70. The second kappa shape index (κ2) is 5.22. The van der Waals surface area contributed by atoms with Gasteiger partial charge in [0.05, 0.1) is 0 Å². The fourth-order valence-corrected chi connectivity index (χ4v) is 2.89. The third kappa shape index (κ3) is 2.47. The Kier molecular flexibility index (Phi) is 3.56. The van der Waals surface area contributed by atoms with Gasteiger partial charge in [-0.1, -0.05) is 37.9 Å². The van der Waals surface area contributed by atoms with Crippen molar-refractivity contribution in [1.29, 1.82) is 0 Å². The number of carbonyl (C=O) groups is 1. The number of aryl methyl sites for hydroxylation is 1. The Morgan fingerprint density at radius 2 is 1.95 bits per heavy atom. The van der Waals surface area contributed by atoms with E-state index in [2.05, 4.69) is 42.5 Å². The number of hydrogen-bond acceptors (Lipinski definition) is 2. The van der Waals surface area contributed by atoms with Crippen LogP contribution >= 0.6 is 31.9 Å². The molecule has 0 spiro atoms. The fraction of sp³-hybridized carbons (Fsp3) is 0.133. The molecule has 0 aromatic heterocycles. The number of hydrogen-bond donors (Lipinski definition) is 2. The minimum Gasteiger partial charge on any atom is -0.370 e. The van der Waals surface area contributed by atoms with Crippen LogP contribution in [0.3, 0.4) is 0 Å². The summed E-state index contributed by atoms with van der Waals surface area (Å²) < 4.78 is 2.01. The van der Waals surface area contributed by atoms with Crippen LogP contribution in [0, 0.1) is 6.92 Å². The highest BCUT2D eigenvalue weighted by Gasteiger charge is 2.30. The summed E-state index contributed by atoms with van der Waals surface area (Å²) in [5.41, 5.74) is 3.89. The molecule has 20 heavy (non-hydrogen) atoms. The molecular weight excluding hydrogens is 384 g/mol. The number of halogens is 2. The van der Waals surface area contributed by atoms with Crippen LogP contribution in [0.4, 0.5) is 11.4 Å². The molecule has 0 bridgehead atoms. The van der Waals surface area contributed by atoms with Crippen LogP contribution in [-0.4, -0.2) is 5.91 Å². The SMILES string of the molecule is Cc1cc(NC2C(=O)Nc3cc(Br)ccc32)ccc1Br. The molecule has 0 saturated carbocycles. The quantitative estimate of drug-likeness (QED) is 0.778. The Bertz CT molecular complexity index is 700. The fourth-order valence-electron chi connectivity index (χ4n) is 2.28. The van der Waals surface area contributed by atoms with Gasteiger partial charge in [0.15, 0.2) is 0 Å². The third-order valence-electron chi connectivity index (χ3n) is 3.32. The van der Waals surface area contributed by atoms with Gasteiger partial charge in [0.2, 0.25) is 0 Å². The van der Waals surface area contributed by atoms with Gasteiger partial charge in [0, 0.05) is 25.9 Å². The molecule has 102 valence electrons. The van der Waals surface area contributed by atoms with Gasteiger partial charge in [0.1, 0.15) is 6.04 Å². The van der Waals surface area contributed by atoms with E-state index >= 15 is 0 Å². The molecule has 3 nitrogen and oxygen atoms in total. The van der Waals surface area contributed by atoms with Gasteiger partial charge in [-0.25, -0.2) is 0 Å². The highest BCUT2D eigenvalue weighted by molar-refractivity contribution is 9.10. The van der Waals surface area contributed by atoms with E-state index in [0.29, 0.717) is 0 Å². The monoisotopic (exact) mass is 394 g/mol. The van der Waals surface area contributed by atoms with Crippen molar-refractivity contribution in [2.24, 2.45) is 0 Å². The molecule has 1 unspecified atom stereocenters. The van der Waals surface area contributed by atoms with Crippen LogP contribution in [0.15, 0.2) is 45.3 Å². The summed E-state index contributed by atoms with van der Waals surface area (Å²) in [5, 5.41) is 6.18. The maximum absolute atomic E-state index is 12.1. The van der Waals surface area contributed by atoms with E-state index in [-0.39, 0.29) is 11.9 Å². The average Bonchev–Trinajstić information content (AvgIpc) is 2.69. The number of benzene rings is 2. The molecule has 1 aliphatic heterocycles. The molecule has 0 saturated heterocycles. The van der Waals surface area contributed by atoms with E-state index in [1.165, 1.54) is 0 Å². The molecule has 0 aliphatic carbocycles. The van der Waals surface area contributed by atoms with Crippen LogP contribution in [0.25, 0.3) is 0 Å². The first-order valence-electron chi connectivity index (χ1n) is 6.17. The maximum Gasteiger partial charge on any atom is 0.251 e. The van der Waals surface area contributed by atoms with Crippen molar-refractivity contribution in [3.63, 3.8) is 0 Å². The van der Waals surface area contributed by atoms with E-state index in [1.54, 1.807) is 0 Å². The summed E-state index contributed by atoms with van der Waals surface area (Å²) >= 11 is 6.89. The molecule has 2 aromatic carbocycles. The molecule has 2 N–H and O–H groups in total. The lowest BCUT2D eigenvalue weighted by molar-refractivity contribution is -0.116. The molecule has 1 heterocycles. The highest BCUT2D eigenvalue weighted by atomic mass is 79.9. The van der Waals surface area contributed by atoms with Crippen LogP contribution in [0.5, 0.6) is 0 Å². The van der Waals surface area contributed by atoms with E-state index in [1.807, 2.05) is 43.3 Å². The molecule has 0 fully saturated rings. The zero-order valence-electron chi connectivity index (χ0n) is 10.7. The minimum absolute atomic E-state index is 0.0290. The van der Waals surface area contributed by atoms with Crippen LogP contribution < -0.4 is 10.6 Å². The minimum atomic E-state index is -0.348. The van der Waals surface area contributed by atoms with E-state index in [9.17, 15) is 4.79 Å². The van der Waals surface area contributed by atoms with Gasteiger partial charge >= 0.3 is 0 Å². The summed E-state index contributed by atoms with van der Waals surface area (Å²) in [6.45, 7) is 2.02. The second-order valence-corrected chi connectivity index (χ2v) is 6.53. The standard InChI is InChI=1S/C15H12Br2N2O/c1-8-6-10(3-5-12(8)17)18-14-11-4-2-9(16)7-13(11)19-15(14)20/h2-7,14,18H,1H3,(H,19,20). The lowest BCUT2D eigenvalue weighted by atomic mass is 10.1. The van der Waals surface area contributed by atoms with Crippen molar-refractivity contribution in [3.8, 4) is 0 Å². The van der Waals surface area contributed by atoms with Gasteiger partial charge in [-0.05, 0) is 42.8 Å². The maximum atomic E-state index is 12.1. The Balaban J connectivity index is 1.92. The zero-order valence-corrected chi connectivity index (χ0v) is 13.9. The lowest BCUT2D eigenvalue weighted by Gasteiger charge is -2.14. The Hall–Kier alpha value is -1.33. The normalized spacial score (nSPS) is 16.8. The Morgan fingerprint density at radius 3 is 2.70 bits per heavy atom. The Labute approximate surface area is 134 Å². The van der Waals surface area contributed by atoms with Crippen molar-refractivity contribution < 1.29 is 4.79 Å². The van der Waals surface area contributed by atoms with Crippen LogP contribution in [0.1, 0.15) is 17.2 Å². The number of anilines is 2. The largest absolute Gasteiger partial charge is 0.370 e. The average molecular weight is 396 g/mol. The number of fused-ring (bicyclic) bond motifs is 1. The van der Waals surface area contributed by atoms with Gasteiger partial charge in [0.25, 0.3) is 5.91 Å². The first-order chi connectivity index (χ1) is 9.54. The van der Waals surface area contributed by atoms with Crippen molar-refractivity contribution >= 4 is 49.1 Å². The molecule has 5 heteroatoms. The topological polar surface area (TPSA) is 41.1 Å². The van der Waals surface area contributed by atoms with E-state index in [0.717, 1.165) is 31.4 Å². The first-order valence-corrected chi connectivity index (χ1v) is 7.76. The summed E-state index contributed by atoms with van der Waals surface area (Å²) in [6.07, 6.45) is 0. The predicted octanol–water partition coefficient (Wildman–Crippen LogP) is 4.63. The summed E-state index contributed by atoms with van der Waals surface area (Å²) in [7, 11) is 0. The van der Waals surface area contributed by atoms with Crippen LogP contribution in [0.2, 0.25) is 0 Å². The highest BCUT2D eigenvalue weighted by Crippen LogP contribution is 2.35. The molecular formula is C15H12Br2N2O. The Morgan fingerprint density at radius 1 is 1.15 bits per heavy atom. The summed E-state index contributed by atoms with van der Waals surface area (Å²) in [5.74, 6) is -0.0290. The van der Waals surface area contributed by atoms with E-state index < -0.39 is 0 Å². The number of rotatable bonds is 2. The lowest BCUT2D eigenvalue weighted by Crippen LogP contribution is -2.19. The summed E-state index contributed by atoms with van der Waals surface area (Å²) in [4.78, 5) is 12.1. The number of carbonyl (C=O) groups excluding carboxylic acids is 1. The molecule has 0 radical (unpaired) electrons. The van der Waals surface area contributed by atoms with Crippen molar-refractivity contribution in [1.82, 2.24) is 0 Å². The second-order valence-electron chi connectivity index (χ2n) is 4.76. The van der Waals surface area contributed by atoms with E-state index in [4.69, 9.17) is 0 Å². The molecule has 1 amide bonds. The summed E-state index contributed by atoms with van der Waals surface area (Å²) in [6, 6.07) is 11.4. The molecule has 3 rings (SSSR count). The number of amides is 1. The van der Waals surface area contributed by atoms with Gasteiger partial charge in [-0.2, -0.15) is 0 Å². The van der Waals surface area contributed by atoms with Crippen molar-refractivity contribution in [3.05, 3.63) is 56.5 Å². The molecule has 1 aliphatic rings. The van der Waals surface area contributed by atoms with Gasteiger partial charge < -0.3 is 10.6 Å².